The summed E-state index contributed by atoms with van der Waals surface area (Å²) in [5.41, 5.74) is 2.51. The molecular weight excluding hydrogens is 444 g/mol. The molecule has 0 bridgehead atoms. The van der Waals surface area contributed by atoms with E-state index in [9.17, 15) is 4.79 Å². The summed E-state index contributed by atoms with van der Waals surface area (Å²) in [6, 6.07) is 23.1. The van der Waals surface area contributed by atoms with Crippen molar-refractivity contribution >= 4 is 5.91 Å². The summed E-state index contributed by atoms with van der Waals surface area (Å²) >= 11 is 0. The van der Waals surface area contributed by atoms with Crippen LogP contribution in [0.5, 0.6) is 17.2 Å². The van der Waals surface area contributed by atoms with E-state index in [0.29, 0.717) is 49.2 Å². The smallest absolute Gasteiger partial charge is 0.252 e. The largest absolute Gasteiger partial charge is 0.493 e. The predicted octanol–water partition coefficient (Wildman–Crippen LogP) is 4.09. The van der Waals surface area contributed by atoms with Crippen LogP contribution in [-0.4, -0.2) is 57.9 Å². The number of nitrogens with zero attached hydrogens (tertiary/aromatic N) is 1. The van der Waals surface area contributed by atoms with Crippen molar-refractivity contribution in [3.8, 4) is 17.2 Å². The molecule has 184 valence electrons. The van der Waals surface area contributed by atoms with Gasteiger partial charge in [-0.3, -0.25) is 9.69 Å². The van der Waals surface area contributed by atoms with Gasteiger partial charge in [0, 0.05) is 25.2 Å². The minimum Gasteiger partial charge on any atom is -0.493 e. The van der Waals surface area contributed by atoms with Gasteiger partial charge in [0.05, 0.1) is 33.5 Å². The van der Waals surface area contributed by atoms with Crippen molar-refractivity contribution in [3.05, 3.63) is 89.5 Å². The van der Waals surface area contributed by atoms with Crippen molar-refractivity contribution in [3.63, 3.8) is 0 Å². The van der Waals surface area contributed by atoms with Gasteiger partial charge in [0.2, 0.25) is 5.75 Å². The summed E-state index contributed by atoms with van der Waals surface area (Å²) in [4.78, 5) is 15.7. The lowest BCUT2D eigenvalue weighted by molar-refractivity contribution is 0.0332. The molecule has 0 saturated carbocycles. The van der Waals surface area contributed by atoms with E-state index >= 15 is 0 Å². The molecule has 4 rings (SSSR count). The van der Waals surface area contributed by atoms with Gasteiger partial charge in [0.15, 0.2) is 11.5 Å². The monoisotopic (exact) mass is 476 g/mol. The highest BCUT2D eigenvalue weighted by molar-refractivity contribution is 5.96. The number of carbonyl (C=O) groups excluding carboxylic acids is 1. The van der Waals surface area contributed by atoms with E-state index in [1.54, 1.807) is 26.4 Å². The number of hydrogen-bond acceptors (Lipinski definition) is 6. The molecule has 7 heteroatoms. The van der Waals surface area contributed by atoms with Crippen molar-refractivity contribution in [2.75, 3.05) is 47.1 Å². The first-order valence-corrected chi connectivity index (χ1v) is 11.8. The van der Waals surface area contributed by atoms with Gasteiger partial charge in [-0.15, -0.1) is 0 Å². The number of methoxy groups -OCH3 is 2. The molecule has 0 spiro atoms. The van der Waals surface area contributed by atoms with Gasteiger partial charge in [0.25, 0.3) is 5.91 Å². The van der Waals surface area contributed by atoms with Crippen molar-refractivity contribution < 1.29 is 23.7 Å². The van der Waals surface area contributed by atoms with Crippen LogP contribution < -0.4 is 19.5 Å². The fourth-order valence-corrected chi connectivity index (χ4v) is 4.09. The lowest BCUT2D eigenvalue weighted by atomic mass is 10.0. The summed E-state index contributed by atoms with van der Waals surface area (Å²) in [7, 11) is 3.11. The van der Waals surface area contributed by atoms with Gasteiger partial charge in [-0.05, 0) is 23.3 Å². The maximum absolute atomic E-state index is 13.4. The molecule has 35 heavy (non-hydrogen) atoms. The van der Waals surface area contributed by atoms with E-state index in [-0.39, 0.29) is 11.9 Å². The normalized spacial score (nSPS) is 14.7. The molecule has 3 aromatic rings. The van der Waals surface area contributed by atoms with Crippen LogP contribution in [0, 0.1) is 0 Å². The summed E-state index contributed by atoms with van der Waals surface area (Å²) in [6.07, 6.45) is 0. The van der Waals surface area contributed by atoms with Gasteiger partial charge >= 0.3 is 0 Å². The minimum atomic E-state index is -0.210. The van der Waals surface area contributed by atoms with E-state index < -0.39 is 0 Å². The summed E-state index contributed by atoms with van der Waals surface area (Å²) < 4.78 is 22.6. The standard InChI is InChI=1S/C28H32N2O5/c1-32-25-17-23(18-26(33-2)27(25)35-20-21-9-5-3-6-10-21)28(31)29-24(22-11-7-4-8-12-22)19-30-13-15-34-16-14-30/h3-12,17-18,24H,13-16,19-20H2,1-2H3,(H,29,31). The van der Waals surface area contributed by atoms with E-state index in [0.717, 1.165) is 24.2 Å². The number of benzene rings is 3. The first-order chi connectivity index (χ1) is 17.2. The summed E-state index contributed by atoms with van der Waals surface area (Å²) in [5, 5.41) is 3.20. The second-order valence-electron chi connectivity index (χ2n) is 8.33. The van der Waals surface area contributed by atoms with Crippen LogP contribution in [0.4, 0.5) is 0 Å². The van der Waals surface area contributed by atoms with E-state index in [1.807, 2.05) is 60.7 Å². The second-order valence-corrected chi connectivity index (χ2v) is 8.33. The zero-order chi connectivity index (χ0) is 24.5. The average molecular weight is 477 g/mol. The van der Waals surface area contributed by atoms with Crippen LogP contribution in [-0.2, 0) is 11.3 Å². The Labute approximate surface area is 206 Å². The number of amides is 1. The van der Waals surface area contributed by atoms with Crippen molar-refractivity contribution in [1.82, 2.24) is 10.2 Å². The number of carbonyl (C=O) groups is 1. The number of rotatable bonds is 10. The Kier molecular flexibility index (Phi) is 8.59. The van der Waals surface area contributed by atoms with Gasteiger partial charge in [-0.1, -0.05) is 60.7 Å². The van der Waals surface area contributed by atoms with Crippen molar-refractivity contribution in [2.45, 2.75) is 12.6 Å². The Morgan fingerprint density at radius 1 is 0.943 bits per heavy atom. The highest BCUT2D eigenvalue weighted by atomic mass is 16.5. The molecule has 1 unspecified atom stereocenters. The van der Waals surface area contributed by atoms with E-state index in [2.05, 4.69) is 10.2 Å². The molecule has 0 radical (unpaired) electrons. The number of ether oxygens (including phenoxy) is 4. The lowest BCUT2D eigenvalue weighted by Crippen LogP contribution is -2.43. The summed E-state index contributed by atoms with van der Waals surface area (Å²) in [5.74, 6) is 1.13. The topological polar surface area (TPSA) is 69.3 Å². The SMILES string of the molecule is COc1cc(C(=O)NC(CN2CCOCC2)c2ccccc2)cc(OC)c1OCc1ccccc1. The first kappa shape index (κ1) is 24.6. The van der Waals surface area contributed by atoms with Crippen LogP contribution in [0.15, 0.2) is 72.8 Å². The fourth-order valence-electron chi connectivity index (χ4n) is 4.09. The third kappa shape index (κ3) is 6.53. The summed E-state index contributed by atoms with van der Waals surface area (Å²) in [6.45, 7) is 4.14. The maximum Gasteiger partial charge on any atom is 0.252 e. The Morgan fingerprint density at radius 3 is 2.14 bits per heavy atom. The van der Waals surface area contributed by atoms with Gasteiger partial charge < -0.3 is 24.3 Å². The predicted molar refractivity (Wildman–Crippen MR) is 134 cm³/mol. The molecule has 1 aliphatic rings. The van der Waals surface area contributed by atoms with E-state index in [1.165, 1.54) is 0 Å². The Morgan fingerprint density at radius 2 is 1.54 bits per heavy atom. The zero-order valence-corrected chi connectivity index (χ0v) is 20.2. The lowest BCUT2D eigenvalue weighted by Gasteiger charge is -2.31. The molecular formula is C28H32N2O5. The van der Waals surface area contributed by atoms with Crippen LogP contribution in [0.2, 0.25) is 0 Å². The fraction of sp³-hybridized carbons (Fsp3) is 0.321. The maximum atomic E-state index is 13.4. The third-order valence-corrected chi connectivity index (χ3v) is 6.00. The Bertz CT molecular complexity index is 1060. The van der Waals surface area contributed by atoms with Crippen LogP contribution in [0.25, 0.3) is 0 Å². The molecule has 1 heterocycles. The average Bonchev–Trinajstić information content (AvgIpc) is 2.92. The Hall–Kier alpha value is -3.55. The molecule has 0 aromatic heterocycles. The molecule has 3 aromatic carbocycles. The number of morpholine rings is 1. The molecule has 1 atom stereocenters. The second kappa shape index (κ2) is 12.2. The van der Waals surface area contributed by atoms with Gasteiger partial charge in [-0.2, -0.15) is 0 Å². The highest BCUT2D eigenvalue weighted by Crippen LogP contribution is 2.39. The molecule has 7 nitrogen and oxygen atoms in total. The van der Waals surface area contributed by atoms with Gasteiger partial charge in [0.1, 0.15) is 6.61 Å². The van der Waals surface area contributed by atoms with E-state index in [4.69, 9.17) is 18.9 Å². The third-order valence-electron chi connectivity index (χ3n) is 6.00. The van der Waals surface area contributed by atoms with Crippen molar-refractivity contribution in [2.24, 2.45) is 0 Å². The zero-order valence-electron chi connectivity index (χ0n) is 20.2. The first-order valence-electron chi connectivity index (χ1n) is 11.8. The minimum absolute atomic E-state index is 0.173. The van der Waals surface area contributed by atoms with Crippen molar-refractivity contribution in [1.29, 1.82) is 0 Å². The number of hydrogen-bond donors (Lipinski definition) is 1. The molecule has 1 saturated heterocycles. The van der Waals surface area contributed by atoms with Crippen LogP contribution in [0.3, 0.4) is 0 Å². The van der Waals surface area contributed by atoms with Crippen LogP contribution in [0.1, 0.15) is 27.5 Å². The van der Waals surface area contributed by atoms with Gasteiger partial charge in [-0.25, -0.2) is 0 Å². The Balaban J connectivity index is 1.54. The molecule has 1 N–H and O–H groups in total. The molecule has 0 aliphatic carbocycles. The molecule has 1 aliphatic heterocycles. The molecule has 1 fully saturated rings. The highest BCUT2D eigenvalue weighted by Gasteiger charge is 2.23. The van der Waals surface area contributed by atoms with Crippen LogP contribution >= 0.6 is 0 Å². The molecule has 1 amide bonds. The number of nitrogens with one attached hydrogen (secondary N) is 1. The quantitative estimate of drug-likeness (QED) is 0.476.